The van der Waals surface area contributed by atoms with Crippen LogP contribution < -0.4 is 5.32 Å². The molecule has 1 fully saturated rings. The molecular weight excluding hydrogens is 330 g/mol. The summed E-state index contributed by atoms with van der Waals surface area (Å²) < 4.78 is 0. The quantitative estimate of drug-likeness (QED) is 0.885. The van der Waals surface area contributed by atoms with Crippen LogP contribution in [0.25, 0.3) is 0 Å². The molecule has 2 aromatic rings. The van der Waals surface area contributed by atoms with Gasteiger partial charge in [0.25, 0.3) is 5.91 Å². The fraction of sp³-hybridized carbons (Fsp3) is 0.400. The second kappa shape index (κ2) is 8.80. The molecule has 1 N–H and O–H groups in total. The van der Waals surface area contributed by atoms with E-state index in [9.17, 15) is 4.79 Å². The molecule has 1 aromatic carbocycles. The van der Waals surface area contributed by atoms with Gasteiger partial charge in [0.2, 0.25) is 0 Å². The van der Waals surface area contributed by atoms with Crippen molar-refractivity contribution in [1.29, 1.82) is 5.26 Å². The van der Waals surface area contributed by atoms with Gasteiger partial charge in [-0.2, -0.15) is 16.6 Å². The Morgan fingerprint density at radius 1 is 1.16 bits per heavy atom. The maximum atomic E-state index is 12.5. The van der Waals surface area contributed by atoms with Crippen molar-refractivity contribution in [3.63, 3.8) is 0 Å². The molecule has 25 heavy (non-hydrogen) atoms. The van der Waals surface area contributed by atoms with Crippen molar-refractivity contribution in [1.82, 2.24) is 10.2 Å². The summed E-state index contributed by atoms with van der Waals surface area (Å²) in [6.07, 6.45) is 5.04. The monoisotopic (exact) mass is 353 g/mol. The number of rotatable bonds is 5. The number of amides is 1. The van der Waals surface area contributed by atoms with E-state index < -0.39 is 0 Å². The zero-order chi connectivity index (χ0) is 17.5. The minimum absolute atomic E-state index is 0.0838. The average Bonchev–Trinajstić information content (AvgIpc) is 3.05. The Hall–Kier alpha value is -2.16. The van der Waals surface area contributed by atoms with Gasteiger partial charge in [0.1, 0.15) is 0 Å². The Morgan fingerprint density at radius 2 is 1.88 bits per heavy atom. The maximum absolute atomic E-state index is 12.5. The first-order chi connectivity index (χ1) is 12.3. The maximum Gasteiger partial charge on any atom is 0.251 e. The molecule has 1 amide bonds. The van der Waals surface area contributed by atoms with Crippen molar-refractivity contribution >= 4 is 17.2 Å². The van der Waals surface area contributed by atoms with Crippen LogP contribution in [0, 0.1) is 11.3 Å². The third-order valence-electron chi connectivity index (χ3n) is 4.74. The van der Waals surface area contributed by atoms with E-state index in [1.54, 1.807) is 35.6 Å². The van der Waals surface area contributed by atoms with E-state index in [1.807, 2.05) is 0 Å². The predicted molar refractivity (Wildman–Crippen MR) is 101 cm³/mol. The number of nitrogens with zero attached hydrogens (tertiary/aromatic N) is 2. The van der Waals surface area contributed by atoms with Gasteiger partial charge in [0, 0.05) is 12.1 Å². The van der Waals surface area contributed by atoms with Crippen molar-refractivity contribution < 1.29 is 4.79 Å². The highest BCUT2D eigenvalue weighted by molar-refractivity contribution is 7.07. The Bertz CT molecular complexity index is 710. The normalized spacial score (nSPS) is 16.6. The van der Waals surface area contributed by atoms with Crippen LogP contribution in [0.4, 0.5) is 0 Å². The number of thiophene rings is 1. The summed E-state index contributed by atoms with van der Waals surface area (Å²) in [7, 11) is 0. The van der Waals surface area contributed by atoms with Gasteiger partial charge >= 0.3 is 0 Å². The Morgan fingerprint density at radius 3 is 2.48 bits per heavy atom. The minimum Gasteiger partial charge on any atom is -0.350 e. The summed E-state index contributed by atoms with van der Waals surface area (Å²) in [6, 6.07) is 11.2. The molecule has 1 aliphatic heterocycles. The minimum atomic E-state index is -0.0838. The standard InChI is InChI=1S/C20H23N3OS/c21-13-16-5-7-17(8-6-16)20(24)22-14-19(18-9-12-25-15-18)23-10-3-1-2-4-11-23/h5-9,12,15,19H,1-4,10-11,14H2,(H,22,24). The SMILES string of the molecule is N#Cc1ccc(C(=O)NCC(c2ccsc2)N2CCCCCC2)cc1. The summed E-state index contributed by atoms with van der Waals surface area (Å²) in [6.45, 7) is 2.79. The van der Waals surface area contributed by atoms with Crippen LogP contribution in [-0.2, 0) is 0 Å². The van der Waals surface area contributed by atoms with Gasteiger partial charge in [-0.05, 0) is 72.6 Å². The zero-order valence-corrected chi connectivity index (χ0v) is 15.1. The van der Waals surface area contributed by atoms with Gasteiger partial charge in [-0.15, -0.1) is 0 Å². The van der Waals surface area contributed by atoms with Gasteiger partial charge in [0.05, 0.1) is 17.7 Å². The summed E-state index contributed by atoms with van der Waals surface area (Å²) in [5, 5.41) is 16.2. The third-order valence-corrected chi connectivity index (χ3v) is 5.44. The highest BCUT2D eigenvalue weighted by Gasteiger charge is 2.22. The van der Waals surface area contributed by atoms with Crippen LogP contribution in [0.1, 0.15) is 53.2 Å². The van der Waals surface area contributed by atoms with E-state index in [0.717, 1.165) is 13.1 Å². The molecule has 0 spiro atoms. The van der Waals surface area contributed by atoms with E-state index >= 15 is 0 Å². The number of hydrogen-bond acceptors (Lipinski definition) is 4. The highest BCUT2D eigenvalue weighted by atomic mass is 32.1. The lowest BCUT2D eigenvalue weighted by Gasteiger charge is -2.30. The predicted octanol–water partition coefficient (Wildman–Crippen LogP) is 3.97. The van der Waals surface area contributed by atoms with E-state index in [0.29, 0.717) is 17.7 Å². The lowest BCUT2D eigenvalue weighted by atomic mass is 10.1. The number of nitriles is 1. The number of carbonyl (C=O) groups excluding carboxylic acids is 1. The summed E-state index contributed by atoms with van der Waals surface area (Å²) in [4.78, 5) is 15.0. The lowest BCUT2D eigenvalue weighted by molar-refractivity contribution is 0.0933. The molecule has 3 rings (SSSR count). The second-order valence-corrected chi connectivity index (χ2v) is 7.20. The second-order valence-electron chi connectivity index (χ2n) is 6.42. The summed E-state index contributed by atoms with van der Waals surface area (Å²) in [5.74, 6) is -0.0838. The number of nitrogens with one attached hydrogen (secondary N) is 1. The number of likely N-dealkylation sites (tertiary alicyclic amines) is 1. The first kappa shape index (κ1) is 17.7. The van der Waals surface area contributed by atoms with Gasteiger partial charge in [-0.1, -0.05) is 12.8 Å². The van der Waals surface area contributed by atoms with Crippen molar-refractivity contribution in [2.24, 2.45) is 0 Å². The number of hydrogen-bond donors (Lipinski definition) is 1. The first-order valence-electron chi connectivity index (χ1n) is 8.82. The molecule has 0 radical (unpaired) electrons. The van der Waals surface area contributed by atoms with E-state index in [2.05, 4.69) is 33.1 Å². The molecule has 1 aromatic heterocycles. The van der Waals surface area contributed by atoms with Crippen molar-refractivity contribution in [2.75, 3.05) is 19.6 Å². The number of benzene rings is 1. The average molecular weight is 353 g/mol. The zero-order valence-electron chi connectivity index (χ0n) is 14.3. The Labute approximate surface area is 153 Å². The molecule has 1 saturated heterocycles. The third kappa shape index (κ3) is 4.68. The Kier molecular flexibility index (Phi) is 6.21. The molecule has 2 heterocycles. The molecule has 0 saturated carbocycles. The fourth-order valence-corrected chi connectivity index (χ4v) is 4.02. The first-order valence-corrected chi connectivity index (χ1v) is 9.77. The molecule has 0 aliphatic carbocycles. The number of carbonyl (C=O) groups is 1. The van der Waals surface area contributed by atoms with Crippen molar-refractivity contribution in [2.45, 2.75) is 31.7 Å². The van der Waals surface area contributed by atoms with Crippen LogP contribution >= 0.6 is 11.3 Å². The topological polar surface area (TPSA) is 56.1 Å². The molecule has 1 atom stereocenters. The van der Waals surface area contributed by atoms with Crippen LogP contribution in [0.5, 0.6) is 0 Å². The van der Waals surface area contributed by atoms with Crippen LogP contribution in [-0.4, -0.2) is 30.4 Å². The van der Waals surface area contributed by atoms with E-state index in [4.69, 9.17) is 5.26 Å². The van der Waals surface area contributed by atoms with Crippen LogP contribution in [0.15, 0.2) is 41.1 Å². The summed E-state index contributed by atoms with van der Waals surface area (Å²) in [5.41, 5.74) is 2.45. The largest absolute Gasteiger partial charge is 0.350 e. The van der Waals surface area contributed by atoms with E-state index in [1.165, 1.54) is 31.2 Å². The van der Waals surface area contributed by atoms with Crippen LogP contribution in [0.3, 0.4) is 0 Å². The van der Waals surface area contributed by atoms with Gasteiger partial charge < -0.3 is 5.32 Å². The molecule has 4 nitrogen and oxygen atoms in total. The van der Waals surface area contributed by atoms with Crippen LogP contribution in [0.2, 0.25) is 0 Å². The molecule has 1 unspecified atom stereocenters. The highest BCUT2D eigenvalue weighted by Crippen LogP contribution is 2.25. The fourth-order valence-electron chi connectivity index (χ4n) is 3.32. The van der Waals surface area contributed by atoms with Gasteiger partial charge in [-0.25, -0.2) is 0 Å². The Balaban J connectivity index is 1.67. The smallest absolute Gasteiger partial charge is 0.251 e. The molecule has 130 valence electrons. The van der Waals surface area contributed by atoms with Crippen molar-refractivity contribution in [3.8, 4) is 6.07 Å². The molecule has 0 bridgehead atoms. The molecule has 5 heteroatoms. The van der Waals surface area contributed by atoms with Crippen molar-refractivity contribution in [3.05, 3.63) is 57.8 Å². The summed E-state index contributed by atoms with van der Waals surface area (Å²) >= 11 is 1.70. The van der Waals surface area contributed by atoms with Gasteiger partial charge in [-0.3, -0.25) is 9.69 Å². The van der Waals surface area contributed by atoms with E-state index in [-0.39, 0.29) is 11.9 Å². The lowest BCUT2D eigenvalue weighted by Crippen LogP contribution is -2.38. The molecular formula is C20H23N3OS. The molecule has 1 aliphatic rings. The van der Waals surface area contributed by atoms with Gasteiger partial charge in [0.15, 0.2) is 0 Å².